The van der Waals surface area contributed by atoms with Crippen LogP contribution in [0.4, 0.5) is 0 Å². The van der Waals surface area contributed by atoms with Crippen LogP contribution in [0.3, 0.4) is 0 Å². The largest absolute Gasteiger partial charge is 0.124 e. The van der Waals surface area contributed by atoms with E-state index >= 15 is 0 Å². The molecule has 0 radical (unpaired) electrons. The van der Waals surface area contributed by atoms with Gasteiger partial charge in [0.2, 0.25) is 0 Å². The first-order valence-corrected chi connectivity index (χ1v) is 8.24. The van der Waals surface area contributed by atoms with Gasteiger partial charge in [0.05, 0.1) is 0 Å². The van der Waals surface area contributed by atoms with Crippen LogP contribution in [-0.2, 0) is 0 Å². The highest BCUT2D eigenvalue weighted by Gasteiger charge is 2.09. The summed E-state index contributed by atoms with van der Waals surface area (Å²) in [4.78, 5) is 0. The van der Waals surface area contributed by atoms with Gasteiger partial charge in [-0.05, 0) is 99.9 Å². The molecule has 0 saturated heterocycles. The molecule has 0 fully saturated rings. The molecule has 0 nitrogen and oxygen atoms in total. The maximum atomic E-state index is 3.14. The zero-order valence-corrected chi connectivity index (χ0v) is 16.0. The van der Waals surface area contributed by atoms with E-state index < -0.39 is 0 Å². The highest BCUT2D eigenvalue weighted by molar-refractivity contribution is 5.76. The number of benzene rings is 2. The van der Waals surface area contributed by atoms with Gasteiger partial charge in [0, 0.05) is 0 Å². The predicted octanol–water partition coefficient (Wildman–Crippen LogP) is 7.10. The SMILES string of the molecule is CC(C)=C=C(C)C.Cc1cccc(C)c1-c1c(C)cccc1C. The average molecular weight is 306 g/mol. The molecule has 0 aliphatic heterocycles. The molecule has 2 aromatic carbocycles. The fourth-order valence-electron chi connectivity index (χ4n) is 2.92. The molecule has 0 N–H and O–H groups in total. The molecule has 0 bridgehead atoms. The molecular formula is C23H30. The fourth-order valence-corrected chi connectivity index (χ4v) is 2.92. The van der Waals surface area contributed by atoms with E-state index in [0.717, 1.165) is 0 Å². The third kappa shape index (κ3) is 5.58. The zero-order chi connectivity index (χ0) is 17.6. The summed E-state index contributed by atoms with van der Waals surface area (Å²) in [5, 5.41) is 0. The number of aryl methyl sites for hydroxylation is 4. The van der Waals surface area contributed by atoms with Crippen LogP contribution in [0, 0.1) is 27.7 Å². The molecule has 0 aromatic heterocycles. The Morgan fingerprint density at radius 2 is 0.826 bits per heavy atom. The topological polar surface area (TPSA) is 0 Å². The maximum Gasteiger partial charge on any atom is -0.0120 e. The quantitative estimate of drug-likeness (QED) is 0.493. The molecule has 122 valence electrons. The van der Waals surface area contributed by atoms with E-state index in [1.54, 1.807) is 0 Å². The summed E-state index contributed by atoms with van der Waals surface area (Å²) in [6.07, 6.45) is 0. The summed E-state index contributed by atoms with van der Waals surface area (Å²) in [6.45, 7) is 16.9. The molecule has 0 saturated carbocycles. The van der Waals surface area contributed by atoms with Gasteiger partial charge >= 0.3 is 0 Å². The molecule has 2 aromatic rings. The van der Waals surface area contributed by atoms with Crippen molar-refractivity contribution < 1.29 is 0 Å². The van der Waals surface area contributed by atoms with Gasteiger partial charge in [-0.25, -0.2) is 0 Å². The first kappa shape index (κ1) is 19.0. The minimum Gasteiger partial charge on any atom is -0.124 e. The van der Waals surface area contributed by atoms with Gasteiger partial charge in [-0.2, -0.15) is 0 Å². The molecule has 0 aliphatic rings. The van der Waals surface area contributed by atoms with Crippen molar-refractivity contribution in [2.45, 2.75) is 55.4 Å². The van der Waals surface area contributed by atoms with Crippen molar-refractivity contribution in [2.75, 3.05) is 0 Å². The van der Waals surface area contributed by atoms with Crippen molar-refractivity contribution in [1.29, 1.82) is 0 Å². The smallest absolute Gasteiger partial charge is 0.0120 e. The molecule has 0 amide bonds. The Morgan fingerprint density at radius 1 is 0.565 bits per heavy atom. The fraction of sp³-hybridized carbons (Fsp3) is 0.348. The molecular weight excluding hydrogens is 276 g/mol. The predicted molar refractivity (Wildman–Crippen MR) is 104 cm³/mol. The van der Waals surface area contributed by atoms with Crippen molar-refractivity contribution in [3.8, 4) is 11.1 Å². The molecule has 0 heteroatoms. The van der Waals surface area contributed by atoms with Crippen LogP contribution in [-0.4, -0.2) is 0 Å². The Balaban J connectivity index is 0.000000322. The third-order valence-corrected chi connectivity index (χ3v) is 3.71. The van der Waals surface area contributed by atoms with E-state index in [2.05, 4.69) is 69.8 Å². The monoisotopic (exact) mass is 306 g/mol. The number of rotatable bonds is 1. The summed E-state index contributed by atoms with van der Waals surface area (Å²) in [6, 6.07) is 13.0. The van der Waals surface area contributed by atoms with Crippen LogP contribution < -0.4 is 0 Å². The summed E-state index contributed by atoms with van der Waals surface area (Å²) < 4.78 is 0. The molecule has 0 unspecified atom stereocenters. The van der Waals surface area contributed by atoms with Gasteiger partial charge in [-0.15, -0.1) is 5.73 Å². The van der Waals surface area contributed by atoms with Crippen molar-refractivity contribution in [1.82, 2.24) is 0 Å². The van der Waals surface area contributed by atoms with Gasteiger partial charge in [0.1, 0.15) is 0 Å². The van der Waals surface area contributed by atoms with Gasteiger partial charge in [0.25, 0.3) is 0 Å². The van der Waals surface area contributed by atoms with Crippen LogP contribution in [0.5, 0.6) is 0 Å². The second-order valence-corrected chi connectivity index (χ2v) is 6.66. The maximum absolute atomic E-state index is 3.14. The standard InChI is InChI=1S/C16H18.C7H12/c1-11-7-5-8-12(2)15(11)16-13(3)9-6-10-14(16)4;1-6(2)5-7(3)4/h5-10H,1-4H3;1-4H3. The van der Waals surface area contributed by atoms with Crippen LogP contribution in [0.1, 0.15) is 49.9 Å². The molecule has 0 atom stereocenters. The number of hydrogen-bond acceptors (Lipinski definition) is 0. The summed E-state index contributed by atoms with van der Waals surface area (Å²) in [7, 11) is 0. The highest BCUT2D eigenvalue weighted by atomic mass is 14.1. The summed E-state index contributed by atoms with van der Waals surface area (Å²) in [5.41, 5.74) is 13.9. The van der Waals surface area contributed by atoms with Crippen molar-refractivity contribution in [2.24, 2.45) is 0 Å². The number of hydrogen-bond donors (Lipinski definition) is 0. The lowest BCUT2D eigenvalue weighted by atomic mass is 9.90. The summed E-state index contributed by atoms with van der Waals surface area (Å²) >= 11 is 0. The molecule has 23 heavy (non-hydrogen) atoms. The second-order valence-electron chi connectivity index (χ2n) is 6.66. The van der Waals surface area contributed by atoms with Gasteiger partial charge in [-0.1, -0.05) is 36.4 Å². The van der Waals surface area contributed by atoms with E-state index in [9.17, 15) is 0 Å². The molecule has 0 spiro atoms. The van der Waals surface area contributed by atoms with Crippen LogP contribution >= 0.6 is 0 Å². The van der Waals surface area contributed by atoms with Crippen LogP contribution in [0.2, 0.25) is 0 Å². The van der Waals surface area contributed by atoms with E-state index in [-0.39, 0.29) is 0 Å². The van der Waals surface area contributed by atoms with Gasteiger partial charge in [0.15, 0.2) is 0 Å². The van der Waals surface area contributed by atoms with Gasteiger partial charge < -0.3 is 0 Å². The average Bonchev–Trinajstić information content (AvgIpc) is 2.40. The molecule has 2 rings (SSSR count). The first-order valence-electron chi connectivity index (χ1n) is 8.24. The van der Waals surface area contributed by atoms with Gasteiger partial charge in [-0.3, -0.25) is 0 Å². The van der Waals surface area contributed by atoms with Crippen LogP contribution in [0.15, 0.2) is 53.3 Å². The minimum absolute atomic E-state index is 1.25. The van der Waals surface area contributed by atoms with E-state index in [4.69, 9.17) is 0 Å². The Bertz CT molecular complexity index is 629. The molecule has 0 aliphatic carbocycles. The Labute approximate surface area is 142 Å². The van der Waals surface area contributed by atoms with E-state index in [1.807, 2.05) is 27.7 Å². The minimum atomic E-state index is 1.25. The lowest BCUT2D eigenvalue weighted by molar-refractivity contribution is 1.32. The zero-order valence-electron chi connectivity index (χ0n) is 16.0. The van der Waals surface area contributed by atoms with E-state index in [0.29, 0.717) is 0 Å². The Hall–Kier alpha value is -2.04. The summed E-state index contributed by atoms with van der Waals surface area (Å²) in [5.74, 6) is 0. The van der Waals surface area contributed by atoms with Crippen molar-refractivity contribution in [3.63, 3.8) is 0 Å². The first-order chi connectivity index (χ1) is 10.7. The number of allylic oxidation sites excluding steroid dienone is 1. The van der Waals surface area contributed by atoms with Crippen molar-refractivity contribution >= 4 is 0 Å². The van der Waals surface area contributed by atoms with Crippen LogP contribution in [0.25, 0.3) is 11.1 Å². The Kier molecular flexibility index (Phi) is 7.07. The second kappa shape index (κ2) is 8.56. The van der Waals surface area contributed by atoms with Crippen molar-refractivity contribution in [3.05, 3.63) is 75.5 Å². The molecule has 0 heterocycles. The third-order valence-electron chi connectivity index (χ3n) is 3.71. The highest BCUT2D eigenvalue weighted by Crippen LogP contribution is 2.32. The lowest BCUT2D eigenvalue weighted by Crippen LogP contribution is -1.93. The normalized spacial score (nSPS) is 9.57. The Morgan fingerprint density at radius 3 is 1.00 bits per heavy atom. The van der Waals surface area contributed by atoms with E-state index in [1.165, 1.54) is 44.5 Å². The lowest BCUT2D eigenvalue weighted by Gasteiger charge is -2.15.